The van der Waals surface area contributed by atoms with E-state index in [2.05, 4.69) is 47.1 Å². The van der Waals surface area contributed by atoms with Crippen molar-refractivity contribution in [2.24, 2.45) is 0 Å². The minimum atomic E-state index is -0.192. The molecular formula is C9H7Br2N3OS. The average molecular weight is 365 g/mol. The van der Waals surface area contributed by atoms with E-state index in [9.17, 15) is 4.79 Å². The number of anilines is 1. The van der Waals surface area contributed by atoms with Gasteiger partial charge in [0.1, 0.15) is 10.3 Å². The van der Waals surface area contributed by atoms with E-state index in [4.69, 9.17) is 0 Å². The molecule has 2 aromatic rings. The maximum absolute atomic E-state index is 11.3. The highest BCUT2D eigenvalue weighted by Crippen LogP contribution is 2.24. The normalized spacial score (nSPS) is 10.4. The first-order valence-corrected chi connectivity index (χ1v) is 6.84. The number of aromatic amines is 1. The van der Waals surface area contributed by atoms with Crippen LogP contribution in [0.15, 0.2) is 31.5 Å². The van der Waals surface area contributed by atoms with Crippen LogP contribution in [-0.2, 0) is 6.54 Å². The SMILES string of the molecule is O=c1[nH]cnc(NCc2sccc2Br)c1Br. The number of rotatable bonds is 3. The van der Waals surface area contributed by atoms with Crippen molar-refractivity contribution in [2.45, 2.75) is 6.54 Å². The lowest BCUT2D eigenvalue weighted by Gasteiger charge is -2.05. The van der Waals surface area contributed by atoms with E-state index in [0.29, 0.717) is 16.8 Å². The van der Waals surface area contributed by atoms with Crippen LogP contribution in [0.2, 0.25) is 0 Å². The van der Waals surface area contributed by atoms with Gasteiger partial charge in [-0.15, -0.1) is 11.3 Å². The van der Waals surface area contributed by atoms with Gasteiger partial charge in [0.05, 0.1) is 12.9 Å². The van der Waals surface area contributed by atoms with Crippen LogP contribution in [-0.4, -0.2) is 9.97 Å². The van der Waals surface area contributed by atoms with E-state index in [0.717, 1.165) is 9.35 Å². The van der Waals surface area contributed by atoms with Gasteiger partial charge in [-0.2, -0.15) is 0 Å². The van der Waals surface area contributed by atoms with Crippen molar-refractivity contribution < 1.29 is 0 Å². The summed E-state index contributed by atoms with van der Waals surface area (Å²) >= 11 is 8.27. The molecule has 0 aliphatic rings. The van der Waals surface area contributed by atoms with E-state index in [1.807, 2.05) is 11.4 Å². The molecule has 0 amide bonds. The first-order valence-electron chi connectivity index (χ1n) is 4.37. The summed E-state index contributed by atoms with van der Waals surface area (Å²) in [4.78, 5) is 19.0. The van der Waals surface area contributed by atoms with Crippen LogP contribution < -0.4 is 10.9 Å². The summed E-state index contributed by atoms with van der Waals surface area (Å²) < 4.78 is 1.48. The van der Waals surface area contributed by atoms with Crippen molar-refractivity contribution in [3.8, 4) is 0 Å². The Hall–Kier alpha value is -0.660. The first kappa shape index (κ1) is 11.8. The van der Waals surface area contributed by atoms with Crippen LogP contribution in [0, 0.1) is 0 Å². The topological polar surface area (TPSA) is 57.8 Å². The molecule has 0 aliphatic carbocycles. The Morgan fingerprint density at radius 2 is 2.31 bits per heavy atom. The van der Waals surface area contributed by atoms with Crippen LogP contribution in [0.25, 0.3) is 0 Å². The van der Waals surface area contributed by atoms with Crippen molar-refractivity contribution in [1.82, 2.24) is 9.97 Å². The van der Waals surface area contributed by atoms with Gasteiger partial charge in [0, 0.05) is 9.35 Å². The van der Waals surface area contributed by atoms with Gasteiger partial charge < -0.3 is 10.3 Å². The van der Waals surface area contributed by atoms with Crippen molar-refractivity contribution in [3.05, 3.63) is 42.0 Å². The summed E-state index contributed by atoms with van der Waals surface area (Å²) in [7, 11) is 0. The van der Waals surface area contributed by atoms with Crippen LogP contribution in [0.1, 0.15) is 4.88 Å². The van der Waals surface area contributed by atoms with E-state index in [1.165, 1.54) is 6.33 Å². The second-order valence-corrected chi connectivity index (χ2v) is 5.59. The van der Waals surface area contributed by atoms with Gasteiger partial charge in [0.15, 0.2) is 0 Å². The number of H-pyrrole nitrogens is 1. The van der Waals surface area contributed by atoms with Crippen molar-refractivity contribution in [3.63, 3.8) is 0 Å². The van der Waals surface area contributed by atoms with Crippen molar-refractivity contribution in [2.75, 3.05) is 5.32 Å². The molecule has 2 N–H and O–H groups in total. The molecule has 0 atom stereocenters. The largest absolute Gasteiger partial charge is 0.364 e. The highest BCUT2D eigenvalue weighted by Gasteiger charge is 2.06. The highest BCUT2D eigenvalue weighted by molar-refractivity contribution is 9.11. The molecule has 2 rings (SSSR count). The molecule has 0 radical (unpaired) electrons. The summed E-state index contributed by atoms with van der Waals surface area (Å²) in [5.74, 6) is 0.545. The molecule has 0 aliphatic heterocycles. The Kier molecular flexibility index (Phi) is 3.78. The van der Waals surface area contributed by atoms with Gasteiger partial charge in [0.2, 0.25) is 0 Å². The van der Waals surface area contributed by atoms with Gasteiger partial charge in [-0.3, -0.25) is 4.79 Å². The summed E-state index contributed by atoms with van der Waals surface area (Å²) in [5, 5.41) is 5.10. The minimum Gasteiger partial charge on any atom is -0.364 e. The Morgan fingerprint density at radius 3 is 3.00 bits per heavy atom. The molecule has 0 bridgehead atoms. The summed E-state index contributed by atoms with van der Waals surface area (Å²) in [6.45, 7) is 0.632. The smallest absolute Gasteiger partial charge is 0.267 e. The first-order chi connectivity index (χ1) is 7.68. The quantitative estimate of drug-likeness (QED) is 0.880. The summed E-state index contributed by atoms with van der Waals surface area (Å²) in [5.41, 5.74) is -0.192. The summed E-state index contributed by atoms with van der Waals surface area (Å²) in [6.07, 6.45) is 1.37. The van der Waals surface area contributed by atoms with Crippen LogP contribution in [0.3, 0.4) is 0 Å². The Bertz CT molecular complexity index is 552. The maximum atomic E-state index is 11.3. The fourth-order valence-corrected chi connectivity index (χ4v) is 2.91. The second-order valence-electron chi connectivity index (χ2n) is 2.94. The molecule has 2 heterocycles. The number of hydrogen-bond acceptors (Lipinski definition) is 4. The summed E-state index contributed by atoms with van der Waals surface area (Å²) in [6, 6.07) is 1.99. The zero-order valence-electron chi connectivity index (χ0n) is 7.96. The molecule has 4 nitrogen and oxygen atoms in total. The highest BCUT2D eigenvalue weighted by atomic mass is 79.9. The molecule has 84 valence electrons. The standard InChI is InChI=1S/C9H7Br2N3OS/c10-5-1-2-16-6(5)3-12-8-7(11)9(15)14-4-13-8/h1-2,4H,3H2,(H2,12,13,14,15). The molecule has 0 saturated heterocycles. The second kappa shape index (κ2) is 5.11. The number of thiophene rings is 1. The fourth-order valence-electron chi connectivity index (χ4n) is 1.12. The zero-order valence-corrected chi connectivity index (χ0v) is 11.9. The number of halogens is 2. The van der Waals surface area contributed by atoms with Crippen LogP contribution in [0.4, 0.5) is 5.82 Å². The third-order valence-electron chi connectivity index (χ3n) is 1.90. The van der Waals surface area contributed by atoms with Gasteiger partial charge in [-0.1, -0.05) is 0 Å². The molecule has 0 unspecified atom stereocenters. The molecule has 7 heteroatoms. The predicted molar refractivity (Wildman–Crippen MR) is 71.9 cm³/mol. The number of aromatic nitrogens is 2. The minimum absolute atomic E-state index is 0.192. The molecule has 16 heavy (non-hydrogen) atoms. The lowest BCUT2D eigenvalue weighted by Crippen LogP contribution is -2.11. The number of nitrogens with one attached hydrogen (secondary N) is 2. The maximum Gasteiger partial charge on any atom is 0.267 e. The molecule has 2 aromatic heterocycles. The van der Waals surface area contributed by atoms with Crippen LogP contribution >= 0.6 is 43.2 Å². The lowest BCUT2D eigenvalue weighted by molar-refractivity contribution is 1.06. The van der Waals surface area contributed by atoms with Gasteiger partial charge in [0.25, 0.3) is 5.56 Å². The molecular weight excluding hydrogens is 358 g/mol. The fraction of sp³-hybridized carbons (Fsp3) is 0.111. The molecule has 0 fully saturated rings. The van der Waals surface area contributed by atoms with E-state index < -0.39 is 0 Å². The van der Waals surface area contributed by atoms with Crippen LogP contribution in [0.5, 0.6) is 0 Å². The van der Waals surface area contributed by atoms with Gasteiger partial charge in [-0.25, -0.2) is 4.98 Å². The monoisotopic (exact) mass is 363 g/mol. The zero-order chi connectivity index (χ0) is 11.5. The lowest BCUT2D eigenvalue weighted by atomic mass is 10.4. The predicted octanol–water partition coefficient (Wildman–Crippen LogP) is 2.97. The Morgan fingerprint density at radius 1 is 1.50 bits per heavy atom. The van der Waals surface area contributed by atoms with Gasteiger partial charge in [-0.05, 0) is 43.3 Å². The molecule has 0 aromatic carbocycles. The average Bonchev–Trinajstić information content (AvgIpc) is 2.67. The third kappa shape index (κ3) is 2.53. The van der Waals surface area contributed by atoms with E-state index in [-0.39, 0.29) is 5.56 Å². The molecule has 0 saturated carbocycles. The molecule has 0 spiro atoms. The Labute approximate surface area is 112 Å². The third-order valence-corrected chi connectivity index (χ3v) is 4.57. The van der Waals surface area contributed by atoms with E-state index in [1.54, 1.807) is 11.3 Å². The number of hydrogen-bond donors (Lipinski definition) is 2. The van der Waals surface area contributed by atoms with Gasteiger partial charge >= 0.3 is 0 Å². The van der Waals surface area contributed by atoms with Crippen molar-refractivity contribution in [1.29, 1.82) is 0 Å². The number of nitrogens with zero attached hydrogens (tertiary/aromatic N) is 1. The van der Waals surface area contributed by atoms with E-state index >= 15 is 0 Å². The Balaban J connectivity index is 2.14. The van der Waals surface area contributed by atoms with Crippen molar-refractivity contribution >= 4 is 49.0 Å².